The summed E-state index contributed by atoms with van der Waals surface area (Å²) in [6.07, 6.45) is -1.66. The second-order valence-electron chi connectivity index (χ2n) is 6.96. The molecular formula is C15H22F3N3O. The molecule has 22 heavy (non-hydrogen) atoms. The van der Waals surface area contributed by atoms with Crippen LogP contribution in [0.5, 0.6) is 0 Å². The van der Waals surface area contributed by atoms with Gasteiger partial charge in [-0.05, 0) is 18.8 Å². The van der Waals surface area contributed by atoms with Crippen LogP contribution in [0.1, 0.15) is 45.7 Å². The monoisotopic (exact) mass is 317 g/mol. The molecule has 0 bridgehead atoms. The Morgan fingerprint density at radius 1 is 1.32 bits per heavy atom. The third-order valence-electron chi connectivity index (χ3n) is 4.12. The van der Waals surface area contributed by atoms with Crippen LogP contribution in [0.2, 0.25) is 0 Å². The predicted octanol–water partition coefficient (Wildman–Crippen LogP) is 2.91. The van der Waals surface area contributed by atoms with E-state index >= 15 is 0 Å². The van der Waals surface area contributed by atoms with E-state index in [9.17, 15) is 18.0 Å². The topological polar surface area (TPSA) is 39.3 Å². The fourth-order valence-corrected chi connectivity index (χ4v) is 2.67. The van der Waals surface area contributed by atoms with Crippen molar-refractivity contribution in [3.8, 4) is 0 Å². The maximum atomic E-state index is 12.5. The van der Waals surface area contributed by atoms with E-state index in [1.807, 2.05) is 25.5 Å². The van der Waals surface area contributed by atoms with Gasteiger partial charge in [-0.3, -0.25) is 14.2 Å². The molecule has 0 unspecified atom stereocenters. The maximum absolute atomic E-state index is 12.5. The van der Waals surface area contributed by atoms with Gasteiger partial charge in [-0.25, -0.2) is 0 Å². The van der Waals surface area contributed by atoms with Crippen molar-refractivity contribution >= 4 is 5.91 Å². The Balaban J connectivity index is 2.50. The molecule has 2 rings (SSSR count). The Hall–Kier alpha value is -1.53. The summed E-state index contributed by atoms with van der Waals surface area (Å²) >= 11 is 0. The van der Waals surface area contributed by atoms with Gasteiger partial charge in [-0.15, -0.1) is 0 Å². The number of hydrogen-bond acceptors (Lipinski definition) is 1. The molecule has 1 heterocycles. The Morgan fingerprint density at radius 3 is 2.32 bits per heavy atom. The number of hydrogen-bond donors (Lipinski definition) is 0. The van der Waals surface area contributed by atoms with Gasteiger partial charge in [-0.2, -0.15) is 18.2 Å². The minimum absolute atomic E-state index is 0.0849. The van der Waals surface area contributed by atoms with Crippen LogP contribution in [0, 0.1) is 5.92 Å². The largest absolute Gasteiger partial charge is 0.473 e. The number of carbonyl (C=O) groups excluding carboxylic acids is 1. The summed E-state index contributed by atoms with van der Waals surface area (Å²) in [5.41, 5.74) is 0.688. The van der Waals surface area contributed by atoms with Gasteiger partial charge in [0.15, 0.2) is 5.49 Å². The molecular weight excluding hydrogens is 295 g/mol. The second-order valence-corrected chi connectivity index (χ2v) is 6.96. The highest BCUT2D eigenvalue weighted by Crippen LogP contribution is 2.28. The van der Waals surface area contributed by atoms with Crippen molar-refractivity contribution in [2.24, 2.45) is 18.0 Å². The van der Waals surface area contributed by atoms with Gasteiger partial charge in [0.1, 0.15) is 0 Å². The number of carbonyl (C=O) groups is 1. The number of halogens is 3. The normalized spacial score (nSPS) is 17.7. The molecule has 0 saturated heterocycles. The summed E-state index contributed by atoms with van der Waals surface area (Å²) in [4.78, 5) is 14.5. The summed E-state index contributed by atoms with van der Waals surface area (Å²) in [6, 6.07) is 1.59. The molecule has 7 heteroatoms. The zero-order chi connectivity index (χ0) is 16.7. The van der Waals surface area contributed by atoms with E-state index in [0.717, 1.165) is 25.0 Å². The first-order chi connectivity index (χ1) is 10.00. The van der Waals surface area contributed by atoms with Crippen molar-refractivity contribution in [2.45, 2.75) is 58.2 Å². The Labute approximate surface area is 127 Å². The molecule has 1 amide bonds. The fraction of sp³-hybridized carbons (Fsp3) is 0.733. The molecule has 1 saturated carbocycles. The molecule has 1 aromatic rings. The van der Waals surface area contributed by atoms with Crippen molar-refractivity contribution in [1.82, 2.24) is 9.36 Å². The number of nitrogens with zero attached hydrogens (tertiary/aromatic N) is 3. The quantitative estimate of drug-likeness (QED) is 0.826. The van der Waals surface area contributed by atoms with E-state index < -0.39 is 12.1 Å². The highest BCUT2D eigenvalue weighted by atomic mass is 19.4. The van der Waals surface area contributed by atoms with Crippen LogP contribution < -0.4 is 5.49 Å². The summed E-state index contributed by atoms with van der Waals surface area (Å²) in [7, 11) is 1.80. The van der Waals surface area contributed by atoms with E-state index in [-0.39, 0.29) is 10.9 Å². The van der Waals surface area contributed by atoms with Gasteiger partial charge in [0.05, 0.1) is 0 Å². The molecule has 1 aliphatic carbocycles. The standard InChI is InChI=1S/C15H22F3N3O/c1-14(2,3)11-8-12(19-13(22)15(16,17)18)21(20(11)4)9-10-6-5-7-10/h8,10H,5-7,9H2,1-4H3/b19-12+. The summed E-state index contributed by atoms with van der Waals surface area (Å²) < 4.78 is 41.0. The molecule has 124 valence electrons. The molecule has 0 atom stereocenters. The lowest BCUT2D eigenvalue weighted by molar-refractivity contribution is -0.169. The first kappa shape index (κ1) is 16.8. The van der Waals surface area contributed by atoms with Crippen LogP contribution in [-0.4, -0.2) is 21.4 Å². The van der Waals surface area contributed by atoms with E-state index in [2.05, 4.69) is 4.99 Å². The Kier molecular flexibility index (Phi) is 4.28. The molecule has 0 aromatic carbocycles. The smallest absolute Gasteiger partial charge is 0.291 e. The number of alkyl halides is 3. The molecule has 1 fully saturated rings. The maximum Gasteiger partial charge on any atom is 0.473 e. The van der Waals surface area contributed by atoms with Crippen molar-refractivity contribution in [1.29, 1.82) is 0 Å². The minimum atomic E-state index is -4.94. The zero-order valence-electron chi connectivity index (χ0n) is 13.4. The highest BCUT2D eigenvalue weighted by molar-refractivity contribution is 5.82. The van der Waals surface area contributed by atoms with Gasteiger partial charge in [0.25, 0.3) is 0 Å². The van der Waals surface area contributed by atoms with Gasteiger partial charge < -0.3 is 0 Å². The average Bonchev–Trinajstić information content (AvgIpc) is 2.59. The second kappa shape index (κ2) is 5.59. The third-order valence-corrected chi connectivity index (χ3v) is 4.12. The van der Waals surface area contributed by atoms with Crippen LogP contribution in [0.3, 0.4) is 0 Å². The third kappa shape index (κ3) is 3.44. The molecule has 0 spiro atoms. The van der Waals surface area contributed by atoms with Crippen LogP contribution in [0.25, 0.3) is 0 Å². The minimum Gasteiger partial charge on any atom is -0.291 e. The van der Waals surface area contributed by atoms with Gasteiger partial charge in [-0.1, -0.05) is 27.2 Å². The lowest BCUT2D eigenvalue weighted by Gasteiger charge is -2.27. The Bertz CT molecular complexity index is 628. The van der Waals surface area contributed by atoms with Crippen LogP contribution in [0.4, 0.5) is 13.2 Å². The zero-order valence-corrected chi connectivity index (χ0v) is 13.4. The van der Waals surface area contributed by atoms with Crippen LogP contribution in [-0.2, 0) is 23.8 Å². The van der Waals surface area contributed by atoms with Crippen LogP contribution >= 0.6 is 0 Å². The van der Waals surface area contributed by atoms with E-state index in [1.54, 1.807) is 17.8 Å². The first-order valence-electron chi connectivity index (χ1n) is 7.43. The summed E-state index contributed by atoms with van der Waals surface area (Å²) in [5, 5.41) is 0. The van der Waals surface area contributed by atoms with Gasteiger partial charge >= 0.3 is 12.1 Å². The molecule has 0 aliphatic heterocycles. The summed E-state index contributed by atoms with van der Waals surface area (Å²) in [5.74, 6) is -1.61. The van der Waals surface area contributed by atoms with Crippen molar-refractivity contribution in [3.05, 3.63) is 17.2 Å². The van der Waals surface area contributed by atoms with Gasteiger partial charge in [0, 0.05) is 30.8 Å². The van der Waals surface area contributed by atoms with E-state index in [0.29, 0.717) is 12.5 Å². The average molecular weight is 317 g/mol. The first-order valence-corrected chi connectivity index (χ1v) is 7.43. The van der Waals surface area contributed by atoms with E-state index in [4.69, 9.17) is 0 Å². The van der Waals surface area contributed by atoms with Crippen molar-refractivity contribution in [2.75, 3.05) is 0 Å². The van der Waals surface area contributed by atoms with E-state index in [1.165, 1.54) is 0 Å². The Morgan fingerprint density at radius 2 is 1.91 bits per heavy atom. The SMILES string of the molecule is Cn1c(C(C)(C)C)c/c(=N\C(=O)C(F)(F)F)n1CC1CCC1. The molecule has 0 radical (unpaired) electrons. The molecule has 0 N–H and O–H groups in total. The summed E-state index contributed by atoms with van der Waals surface area (Å²) in [6.45, 7) is 6.53. The fourth-order valence-electron chi connectivity index (χ4n) is 2.67. The lowest BCUT2D eigenvalue weighted by atomic mass is 9.85. The molecule has 1 aliphatic rings. The number of rotatable bonds is 2. The highest BCUT2D eigenvalue weighted by Gasteiger charge is 2.38. The van der Waals surface area contributed by atoms with Crippen molar-refractivity contribution in [3.63, 3.8) is 0 Å². The van der Waals surface area contributed by atoms with Crippen molar-refractivity contribution < 1.29 is 18.0 Å². The van der Waals surface area contributed by atoms with Crippen LogP contribution in [0.15, 0.2) is 11.1 Å². The molecule has 1 aromatic heterocycles. The molecule has 4 nitrogen and oxygen atoms in total. The predicted molar refractivity (Wildman–Crippen MR) is 76.1 cm³/mol. The lowest BCUT2D eigenvalue weighted by Crippen LogP contribution is -2.32. The van der Waals surface area contributed by atoms with Gasteiger partial charge in [0.2, 0.25) is 0 Å². The number of aromatic nitrogens is 2. The number of amides is 1.